The quantitative estimate of drug-likeness (QED) is 0.540. The number of fused-ring (bicyclic) bond motifs is 1. The van der Waals surface area contributed by atoms with Crippen molar-refractivity contribution in [2.45, 2.75) is 18.2 Å². The van der Waals surface area contributed by atoms with Gasteiger partial charge in [0, 0.05) is 35.4 Å². The highest BCUT2D eigenvalue weighted by Gasteiger charge is 2.14. The smallest absolute Gasteiger partial charge is 0.240 e. The van der Waals surface area contributed by atoms with E-state index in [2.05, 4.69) is 15.0 Å². The molecule has 0 saturated heterocycles. The van der Waals surface area contributed by atoms with Gasteiger partial charge < -0.3 is 10.1 Å². The molecule has 2 aromatic carbocycles. The molecule has 0 atom stereocenters. The zero-order valence-electron chi connectivity index (χ0n) is 15.7. The second-order valence-corrected chi connectivity index (χ2v) is 8.53. The van der Waals surface area contributed by atoms with Crippen molar-refractivity contribution in [2.24, 2.45) is 0 Å². The Morgan fingerprint density at radius 3 is 2.68 bits per heavy atom. The monoisotopic (exact) mass is 419 g/mol. The van der Waals surface area contributed by atoms with E-state index in [9.17, 15) is 8.42 Å². The second kappa shape index (κ2) is 8.77. The van der Waals surface area contributed by atoms with Crippen LogP contribution in [0.25, 0.3) is 10.9 Å². The van der Waals surface area contributed by atoms with E-state index >= 15 is 0 Å². The maximum atomic E-state index is 12.4. The first-order valence-corrected chi connectivity index (χ1v) is 10.7. The van der Waals surface area contributed by atoms with Crippen LogP contribution in [0.15, 0.2) is 53.6 Å². The molecular weight excluding hydrogens is 398 g/mol. The van der Waals surface area contributed by atoms with Gasteiger partial charge in [-0.05, 0) is 61.4 Å². The van der Waals surface area contributed by atoms with Crippen molar-refractivity contribution in [1.29, 1.82) is 0 Å². The fourth-order valence-electron chi connectivity index (χ4n) is 2.89. The van der Waals surface area contributed by atoms with E-state index in [1.807, 2.05) is 31.2 Å². The number of ether oxygens (including phenoxy) is 1. The molecule has 3 aromatic rings. The summed E-state index contributed by atoms with van der Waals surface area (Å²) in [6.07, 6.45) is 2.35. The third kappa shape index (κ3) is 4.73. The van der Waals surface area contributed by atoms with Crippen molar-refractivity contribution < 1.29 is 13.2 Å². The van der Waals surface area contributed by atoms with Gasteiger partial charge in [-0.1, -0.05) is 11.6 Å². The Kier molecular flexibility index (Phi) is 6.39. The Labute approximate surface area is 169 Å². The van der Waals surface area contributed by atoms with Crippen molar-refractivity contribution in [3.05, 3.63) is 59.2 Å². The first-order valence-electron chi connectivity index (χ1n) is 8.83. The van der Waals surface area contributed by atoms with E-state index < -0.39 is 10.0 Å². The van der Waals surface area contributed by atoms with E-state index in [0.29, 0.717) is 30.3 Å². The van der Waals surface area contributed by atoms with E-state index in [1.165, 1.54) is 0 Å². The maximum absolute atomic E-state index is 12.4. The van der Waals surface area contributed by atoms with Gasteiger partial charge in [-0.25, -0.2) is 13.1 Å². The molecule has 0 unspecified atom stereocenters. The Balaban J connectivity index is 1.55. The molecule has 148 valence electrons. The molecule has 8 heteroatoms. The number of halogens is 1. The van der Waals surface area contributed by atoms with Crippen molar-refractivity contribution >= 4 is 38.2 Å². The first-order chi connectivity index (χ1) is 13.4. The molecule has 1 heterocycles. The predicted octanol–water partition coefficient (Wildman–Crippen LogP) is 3.99. The summed E-state index contributed by atoms with van der Waals surface area (Å²) in [5.74, 6) is 0.661. The standard InChI is InChI=1S/C20H22ClN3O3S/c1-14-12-16(5-7-20(14)27-2)28(25,26)24-10-3-9-22-18-8-11-23-19-13-15(21)4-6-17(18)19/h4-8,11-13,24H,3,9-10H2,1-2H3,(H,22,23). The van der Waals surface area contributed by atoms with Crippen LogP contribution in [0.1, 0.15) is 12.0 Å². The van der Waals surface area contributed by atoms with Gasteiger partial charge in [0.2, 0.25) is 10.0 Å². The zero-order chi connectivity index (χ0) is 20.1. The average molecular weight is 420 g/mol. The van der Waals surface area contributed by atoms with Gasteiger partial charge in [-0.15, -0.1) is 0 Å². The number of sulfonamides is 1. The van der Waals surface area contributed by atoms with E-state index in [1.54, 1.807) is 31.5 Å². The maximum Gasteiger partial charge on any atom is 0.240 e. The molecule has 0 radical (unpaired) electrons. The highest BCUT2D eigenvalue weighted by molar-refractivity contribution is 7.89. The lowest BCUT2D eigenvalue weighted by Gasteiger charge is -2.11. The molecule has 6 nitrogen and oxygen atoms in total. The SMILES string of the molecule is COc1ccc(S(=O)(=O)NCCCNc2ccnc3cc(Cl)ccc23)cc1C. The molecule has 0 saturated carbocycles. The lowest BCUT2D eigenvalue weighted by atomic mass is 10.2. The van der Waals surface area contributed by atoms with Crippen molar-refractivity contribution in [3.63, 3.8) is 0 Å². The number of hydrogen-bond donors (Lipinski definition) is 2. The fraction of sp³-hybridized carbons (Fsp3) is 0.250. The normalized spacial score (nSPS) is 11.5. The average Bonchev–Trinajstić information content (AvgIpc) is 2.67. The number of nitrogens with zero attached hydrogens (tertiary/aromatic N) is 1. The molecule has 0 aliphatic heterocycles. The summed E-state index contributed by atoms with van der Waals surface area (Å²) in [4.78, 5) is 4.54. The highest BCUT2D eigenvalue weighted by atomic mass is 35.5. The molecule has 28 heavy (non-hydrogen) atoms. The lowest BCUT2D eigenvalue weighted by molar-refractivity contribution is 0.411. The van der Waals surface area contributed by atoms with Gasteiger partial charge in [0.15, 0.2) is 0 Å². The molecule has 0 amide bonds. The van der Waals surface area contributed by atoms with Crippen LogP contribution in [0.2, 0.25) is 5.02 Å². The molecule has 0 aliphatic carbocycles. The summed E-state index contributed by atoms with van der Waals surface area (Å²) in [5, 5.41) is 4.94. The van der Waals surface area contributed by atoms with E-state index in [4.69, 9.17) is 16.3 Å². The number of aromatic nitrogens is 1. The number of pyridine rings is 1. The number of nitrogens with one attached hydrogen (secondary N) is 2. The Bertz CT molecular complexity index is 1090. The van der Waals surface area contributed by atoms with Crippen LogP contribution in [0.4, 0.5) is 5.69 Å². The lowest BCUT2D eigenvalue weighted by Crippen LogP contribution is -2.26. The summed E-state index contributed by atoms with van der Waals surface area (Å²) in [7, 11) is -1.99. The van der Waals surface area contributed by atoms with Crippen LogP contribution in [0.3, 0.4) is 0 Å². The highest BCUT2D eigenvalue weighted by Crippen LogP contribution is 2.24. The molecule has 0 aliphatic rings. The molecule has 1 aromatic heterocycles. The van der Waals surface area contributed by atoms with E-state index in [-0.39, 0.29) is 4.90 Å². The zero-order valence-corrected chi connectivity index (χ0v) is 17.3. The van der Waals surface area contributed by atoms with Gasteiger partial charge in [-0.3, -0.25) is 4.98 Å². The molecule has 3 rings (SSSR count). The summed E-state index contributed by atoms with van der Waals surface area (Å²) in [6.45, 7) is 2.76. The van der Waals surface area contributed by atoms with Gasteiger partial charge in [0.05, 0.1) is 17.5 Å². The number of benzene rings is 2. The van der Waals surface area contributed by atoms with E-state index in [0.717, 1.165) is 22.2 Å². The largest absolute Gasteiger partial charge is 0.496 e. The van der Waals surface area contributed by atoms with Crippen LogP contribution in [-0.4, -0.2) is 33.6 Å². The van der Waals surface area contributed by atoms with Crippen LogP contribution in [0.5, 0.6) is 5.75 Å². The molecule has 2 N–H and O–H groups in total. The van der Waals surface area contributed by atoms with Crippen LogP contribution < -0.4 is 14.8 Å². The van der Waals surface area contributed by atoms with Crippen molar-refractivity contribution in [1.82, 2.24) is 9.71 Å². The minimum Gasteiger partial charge on any atom is -0.496 e. The molecule has 0 fully saturated rings. The minimum absolute atomic E-state index is 0.232. The number of methoxy groups -OCH3 is 1. The first kappa shape index (κ1) is 20.4. The molecule has 0 bridgehead atoms. The van der Waals surface area contributed by atoms with Gasteiger partial charge in [0.1, 0.15) is 5.75 Å². The van der Waals surface area contributed by atoms with Gasteiger partial charge in [0.25, 0.3) is 0 Å². The Hall–Kier alpha value is -2.35. The Morgan fingerprint density at radius 2 is 1.93 bits per heavy atom. The molecule has 0 spiro atoms. The molecular formula is C20H22ClN3O3S. The predicted molar refractivity (Wildman–Crippen MR) is 113 cm³/mol. The van der Waals surface area contributed by atoms with Gasteiger partial charge >= 0.3 is 0 Å². The van der Waals surface area contributed by atoms with Crippen molar-refractivity contribution in [2.75, 3.05) is 25.5 Å². The third-order valence-corrected chi connectivity index (χ3v) is 6.04. The summed E-state index contributed by atoms with van der Waals surface area (Å²) >= 11 is 6.00. The minimum atomic E-state index is -3.55. The van der Waals surface area contributed by atoms with Crippen LogP contribution in [-0.2, 0) is 10.0 Å². The van der Waals surface area contributed by atoms with Crippen LogP contribution >= 0.6 is 11.6 Å². The topological polar surface area (TPSA) is 80.3 Å². The fourth-order valence-corrected chi connectivity index (χ4v) is 4.22. The van der Waals surface area contributed by atoms with Crippen LogP contribution in [0, 0.1) is 6.92 Å². The van der Waals surface area contributed by atoms with Crippen molar-refractivity contribution in [3.8, 4) is 5.75 Å². The summed E-state index contributed by atoms with van der Waals surface area (Å²) in [5.41, 5.74) is 2.53. The second-order valence-electron chi connectivity index (χ2n) is 6.33. The summed E-state index contributed by atoms with van der Waals surface area (Å²) < 4.78 is 32.7. The third-order valence-electron chi connectivity index (χ3n) is 4.34. The number of anilines is 1. The summed E-state index contributed by atoms with van der Waals surface area (Å²) in [6, 6.07) is 12.2. The number of rotatable bonds is 8. The number of aryl methyl sites for hydroxylation is 1. The Morgan fingerprint density at radius 1 is 1.11 bits per heavy atom. The van der Waals surface area contributed by atoms with Gasteiger partial charge in [-0.2, -0.15) is 0 Å². The number of hydrogen-bond acceptors (Lipinski definition) is 5.